The second-order valence-electron chi connectivity index (χ2n) is 4.71. The summed E-state index contributed by atoms with van der Waals surface area (Å²) in [5.74, 6) is 0. The first-order valence-corrected chi connectivity index (χ1v) is 6.64. The molecule has 96 valence electrons. The molecule has 1 atom stereocenters. The zero-order valence-electron chi connectivity index (χ0n) is 10.7. The molecular weight excluding hydrogens is 214 g/mol. The molecule has 0 radical (unpaired) electrons. The fraction of sp³-hybridized carbons (Fsp3) is 0.769. The summed E-state index contributed by atoms with van der Waals surface area (Å²) in [6.45, 7) is 3.04. The minimum atomic E-state index is 0.508. The largest absolute Gasteiger partial charge is 0.385 e. The highest BCUT2D eigenvalue weighted by Crippen LogP contribution is 2.22. The standard InChI is InChI=1S/C13H23N3O/c1-17-9-5-4-8-16-11-14-10-13(16)12-6-2-3-7-15-12/h10-12,15H,2-9H2,1H3. The monoisotopic (exact) mass is 237 g/mol. The average Bonchev–Trinajstić information content (AvgIpc) is 2.84. The van der Waals surface area contributed by atoms with Crippen LogP contribution in [0, 0.1) is 0 Å². The summed E-state index contributed by atoms with van der Waals surface area (Å²) in [6, 6.07) is 0.508. The number of nitrogens with one attached hydrogen (secondary N) is 1. The topological polar surface area (TPSA) is 39.1 Å². The predicted molar refractivity (Wildman–Crippen MR) is 67.9 cm³/mol. The van der Waals surface area contributed by atoms with Crippen LogP contribution >= 0.6 is 0 Å². The van der Waals surface area contributed by atoms with E-state index < -0.39 is 0 Å². The Morgan fingerprint density at radius 3 is 3.18 bits per heavy atom. The Morgan fingerprint density at radius 1 is 1.47 bits per heavy atom. The SMILES string of the molecule is COCCCCn1cncc1C1CCCCN1. The molecule has 1 unspecified atom stereocenters. The van der Waals surface area contributed by atoms with E-state index in [1.54, 1.807) is 7.11 Å². The van der Waals surface area contributed by atoms with Gasteiger partial charge in [-0.1, -0.05) is 6.42 Å². The van der Waals surface area contributed by atoms with Crippen LogP contribution in [0.15, 0.2) is 12.5 Å². The second kappa shape index (κ2) is 6.77. The first-order valence-electron chi connectivity index (χ1n) is 6.64. The van der Waals surface area contributed by atoms with Crippen molar-refractivity contribution in [3.8, 4) is 0 Å². The van der Waals surface area contributed by atoms with Crippen molar-refractivity contribution < 1.29 is 4.74 Å². The lowest BCUT2D eigenvalue weighted by Crippen LogP contribution is -2.28. The van der Waals surface area contributed by atoms with Gasteiger partial charge < -0.3 is 14.6 Å². The molecule has 1 aromatic heterocycles. The lowest BCUT2D eigenvalue weighted by atomic mass is 10.0. The number of unbranched alkanes of at least 4 members (excludes halogenated alkanes) is 1. The molecule has 0 amide bonds. The van der Waals surface area contributed by atoms with E-state index in [9.17, 15) is 0 Å². The predicted octanol–water partition coefficient (Wildman–Crippen LogP) is 2.12. The van der Waals surface area contributed by atoms with Crippen molar-refractivity contribution in [3.63, 3.8) is 0 Å². The maximum Gasteiger partial charge on any atom is 0.0948 e. The smallest absolute Gasteiger partial charge is 0.0948 e. The van der Waals surface area contributed by atoms with E-state index in [0.717, 1.165) is 32.5 Å². The summed E-state index contributed by atoms with van der Waals surface area (Å²) in [4.78, 5) is 4.29. The normalized spacial score (nSPS) is 20.6. The molecule has 0 aliphatic carbocycles. The number of aryl methyl sites for hydroxylation is 1. The van der Waals surface area contributed by atoms with Gasteiger partial charge in [-0.3, -0.25) is 0 Å². The Morgan fingerprint density at radius 2 is 2.41 bits per heavy atom. The summed E-state index contributed by atoms with van der Waals surface area (Å²) in [7, 11) is 1.76. The number of imidazole rings is 1. The molecule has 4 nitrogen and oxygen atoms in total. The number of nitrogens with zero attached hydrogens (tertiary/aromatic N) is 2. The van der Waals surface area contributed by atoms with E-state index in [4.69, 9.17) is 4.74 Å². The van der Waals surface area contributed by atoms with Crippen LogP contribution in [0.3, 0.4) is 0 Å². The summed E-state index contributed by atoms with van der Waals surface area (Å²) in [6.07, 6.45) is 10.1. The van der Waals surface area contributed by atoms with E-state index in [0.29, 0.717) is 6.04 Å². The third kappa shape index (κ3) is 3.54. The molecule has 17 heavy (non-hydrogen) atoms. The van der Waals surface area contributed by atoms with Gasteiger partial charge in [-0.05, 0) is 32.2 Å². The number of methoxy groups -OCH3 is 1. The summed E-state index contributed by atoms with van der Waals surface area (Å²) >= 11 is 0. The lowest BCUT2D eigenvalue weighted by molar-refractivity contribution is 0.191. The molecule has 0 aromatic carbocycles. The van der Waals surface area contributed by atoms with E-state index >= 15 is 0 Å². The number of hydrogen-bond acceptors (Lipinski definition) is 3. The summed E-state index contributed by atoms with van der Waals surface area (Å²) in [5, 5.41) is 3.58. The maximum absolute atomic E-state index is 5.07. The van der Waals surface area contributed by atoms with Crippen molar-refractivity contribution in [2.24, 2.45) is 0 Å². The van der Waals surface area contributed by atoms with Crippen LogP contribution in [-0.2, 0) is 11.3 Å². The molecule has 1 aliphatic rings. The highest BCUT2D eigenvalue weighted by molar-refractivity contribution is 5.06. The third-order valence-corrected chi connectivity index (χ3v) is 3.41. The van der Waals surface area contributed by atoms with E-state index in [1.807, 2.05) is 12.5 Å². The first-order chi connectivity index (χ1) is 8.42. The molecule has 1 N–H and O–H groups in total. The van der Waals surface area contributed by atoms with Crippen LogP contribution in [0.2, 0.25) is 0 Å². The van der Waals surface area contributed by atoms with Crippen LogP contribution in [0.5, 0.6) is 0 Å². The minimum absolute atomic E-state index is 0.508. The lowest BCUT2D eigenvalue weighted by Gasteiger charge is -2.24. The Kier molecular flexibility index (Phi) is 5.01. The Hall–Kier alpha value is -0.870. The number of hydrogen-bond donors (Lipinski definition) is 1. The number of rotatable bonds is 6. The Labute approximate surface area is 103 Å². The molecule has 0 bridgehead atoms. The van der Waals surface area contributed by atoms with E-state index in [-0.39, 0.29) is 0 Å². The molecule has 0 saturated carbocycles. The zero-order chi connectivity index (χ0) is 11.9. The van der Waals surface area contributed by atoms with Crippen molar-refractivity contribution in [2.45, 2.75) is 44.7 Å². The van der Waals surface area contributed by atoms with Gasteiger partial charge in [-0.15, -0.1) is 0 Å². The van der Waals surface area contributed by atoms with Crippen molar-refractivity contribution in [1.82, 2.24) is 14.9 Å². The molecule has 1 fully saturated rings. The van der Waals surface area contributed by atoms with Crippen molar-refractivity contribution in [2.75, 3.05) is 20.3 Å². The molecule has 4 heteroatoms. The van der Waals surface area contributed by atoms with Gasteiger partial charge in [-0.2, -0.15) is 0 Å². The molecule has 1 aromatic rings. The third-order valence-electron chi connectivity index (χ3n) is 3.41. The maximum atomic E-state index is 5.07. The first kappa shape index (κ1) is 12.6. The Balaban J connectivity index is 1.87. The Bertz CT molecular complexity index is 318. The fourth-order valence-electron chi connectivity index (χ4n) is 2.44. The van der Waals surface area contributed by atoms with Crippen molar-refractivity contribution in [3.05, 3.63) is 18.2 Å². The molecule has 2 heterocycles. The van der Waals surface area contributed by atoms with Crippen LogP contribution in [0.25, 0.3) is 0 Å². The van der Waals surface area contributed by atoms with Gasteiger partial charge in [0.2, 0.25) is 0 Å². The van der Waals surface area contributed by atoms with Crippen LogP contribution < -0.4 is 5.32 Å². The molecule has 0 spiro atoms. The van der Waals surface area contributed by atoms with E-state index in [1.165, 1.54) is 25.0 Å². The number of ether oxygens (including phenoxy) is 1. The van der Waals surface area contributed by atoms with Gasteiger partial charge in [0.25, 0.3) is 0 Å². The van der Waals surface area contributed by atoms with Gasteiger partial charge in [0.1, 0.15) is 0 Å². The summed E-state index contributed by atoms with van der Waals surface area (Å²) in [5.41, 5.74) is 1.35. The van der Waals surface area contributed by atoms with Crippen LogP contribution in [0.1, 0.15) is 43.8 Å². The number of piperidine rings is 1. The van der Waals surface area contributed by atoms with Crippen LogP contribution in [-0.4, -0.2) is 29.8 Å². The molecule has 1 aliphatic heterocycles. The van der Waals surface area contributed by atoms with Gasteiger partial charge in [0, 0.05) is 32.5 Å². The number of aromatic nitrogens is 2. The fourth-order valence-corrected chi connectivity index (χ4v) is 2.44. The average molecular weight is 237 g/mol. The highest BCUT2D eigenvalue weighted by Gasteiger charge is 2.17. The van der Waals surface area contributed by atoms with E-state index in [2.05, 4.69) is 14.9 Å². The molecular formula is C13H23N3O. The minimum Gasteiger partial charge on any atom is -0.385 e. The van der Waals surface area contributed by atoms with Crippen molar-refractivity contribution in [1.29, 1.82) is 0 Å². The second-order valence-corrected chi connectivity index (χ2v) is 4.71. The highest BCUT2D eigenvalue weighted by atomic mass is 16.5. The quantitative estimate of drug-likeness (QED) is 0.770. The van der Waals surface area contributed by atoms with Gasteiger partial charge >= 0.3 is 0 Å². The summed E-state index contributed by atoms with van der Waals surface area (Å²) < 4.78 is 7.36. The van der Waals surface area contributed by atoms with Crippen LogP contribution in [0.4, 0.5) is 0 Å². The molecule has 1 saturated heterocycles. The van der Waals surface area contributed by atoms with Gasteiger partial charge in [0.05, 0.1) is 12.0 Å². The van der Waals surface area contributed by atoms with Gasteiger partial charge in [-0.25, -0.2) is 4.98 Å². The zero-order valence-corrected chi connectivity index (χ0v) is 10.7. The van der Waals surface area contributed by atoms with Crippen molar-refractivity contribution >= 4 is 0 Å². The van der Waals surface area contributed by atoms with Gasteiger partial charge in [0.15, 0.2) is 0 Å². The molecule has 2 rings (SSSR count).